The number of hydrogen-bond acceptors (Lipinski definition) is 2. The molecule has 0 aliphatic carbocycles. The van der Waals surface area contributed by atoms with Gasteiger partial charge in [0.05, 0.1) is 0 Å². The lowest BCUT2D eigenvalue weighted by atomic mass is 10.2. The van der Waals surface area contributed by atoms with Crippen molar-refractivity contribution in [1.82, 2.24) is 9.55 Å². The molecule has 1 aromatic rings. The van der Waals surface area contributed by atoms with E-state index in [0.29, 0.717) is 0 Å². The molecule has 3 heteroatoms. The molecule has 0 aliphatic rings. The summed E-state index contributed by atoms with van der Waals surface area (Å²) < 4.78 is 2.25. The maximum atomic E-state index is 5.44. The van der Waals surface area contributed by atoms with Gasteiger partial charge in [0.25, 0.3) is 0 Å². The normalized spacial score (nSPS) is 10.7. The Morgan fingerprint density at radius 2 is 2.07 bits per heavy atom. The summed E-state index contributed by atoms with van der Waals surface area (Å²) in [6, 6.07) is 0. The van der Waals surface area contributed by atoms with Gasteiger partial charge in [0.2, 0.25) is 0 Å². The van der Waals surface area contributed by atoms with E-state index in [-0.39, 0.29) is 0 Å². The van der Waals surface area contributed by atoms with Gasteiger partial charge in [-0.2, -0.15) is 0 Å². The number of rotatable bonds is 7. The Labute approximate surface area is 86.3 Å². The van der Waals surface area contributed by atoms with Crippen LogP contribution in [0.1, 0.15) is 38.4 Å². The first kappa shape index (κ1) is 11.2. The van der Waals surface area contributed by atoms with E-state index in [4.69, 9.17) is 5.73 Å². The zero-order valence-electron chi connectivity index (χ0n) is 9.08. The molecule has 3 nitrogen and oxygen atoms in total. The smallest absolute Gasteiger partial charge is 0.108 e. The van der Waals surface area contributed by atoms with Gasteiger partial charge in [0, 0.05) is 25.4 Å². The number of imidazole rings is 1. The minimum Gasteiger partial charge on any atom is -0.335 e. The Morgan fingerprint density at radius 3 is 2.79 bits per heavy atom. The molecule has 0 aromatic carbocycles. The van der Waals surface area contributed by atoms with Gasteiger partial charge in [-0.15, -0.1) is 0 Å². The second kappa shape index (κ2) is 6.60. The van der Waals surface area contributed by atoms with E-state index in [1.165, 1.54) is 25.1 Å². The fourth-order valence-corrected chi connectivity index (χ4v) is 1.64. The van der Waals surface area contributed by atoms with Crippen molar-refractivity contribution in [3.8, 4) is 0 Å². The third-order valence-corrected chi connectivity index (χ3v) is 2.47. The Bertz CT molecular complexity index is 242. The topological polar surface area (TPSA) is 43.8 Å². The standard InChI is InChI=1S/C11H21N3/c1-2-11-13-8-10-14(11)9-6-4-3-5-7-12/h8,10H,2-7,9,12H2,1H3. The van der Waals surface area contributed by atoms with Gasteiger partial charge in [0.1, 0.15) is 5.82 Å². The van der Waals surface area contributed by atoms with Crippen molar-refractivity contribution in [2.75, 3.05) is 6.54 Å². The van der Waals surface area contributed by atoms with Gasteiger partial charge in [-0.05, 0) is 19.4 Å². The maximum Gasteiger partial charge on any atom is 0.108 e. The van der Waals surface area contributed by atoms with Gasteiger partial charge < -0.3 is 10.3 Å². The summed E-state index contributed by atoms with van der Waals surface area (Å²) in [5, 5.41) is 0. The number of aryl methyl sites for hydroxylation is 2. The summed E-state index contributed by atoms with van der Waals surface area (Å²) in [5.41, 5.74) is 5.44. The Hall–Kier alpha value is -0.830. The monoisotopic (exact) mass is 195 g/mol. The predicted molar refractivity (Wildman–Crippen MR) is 59.1 cm³/mol. The zero-order chi connectivity index (χ0) is 10.2. The molecule has 1 aromatic heterocycles. The van der Waals surface area contributed by atoms with Crippen LogP contribution in [0.15, 0.2) is 12.4 Å². The first-order valence-electron chi connectivity index (χ1n) is 5.58. The summed E-state index contributed by atoms with van der Waals surface area (Å²) in [4.78, 5) is 4.29. The number of aromatic nitrogens is 2. The Morgan fingerprint density at radius 1 is 1.29 bits per heavy atom. The summed E-state index contributed by atoms with van der Waals surface area (Å²) in [6.07, 6.45) is 9.91. The van der Waals surface area contributed by atoms with E-state index < -0.39 is 0 Å². The van der Waals surface area contributed by atoms with E-state index in [2.05, 4.69) is 22.7 Å². The van der Waals surface area contributed by atoms with Crippen LogP contribution >= 0.6 is 0 Å². The average molecular weight is 195 g/mol. The molecule has 0 fully saturated rings. The first-order chi connectivity index (χ1) is 6.88. The van der Waals surface area contributed by atoms with Gasteiger partial charge in [-0.3, -0.25) is 0 Å². The predicted octanol–water partition coefficient (Wildman–Crippen LogP) is 1.96. The SMILES string of the molecule is CCc1nccn1CCCCCCN. The number of nitrogens with zero attached hydrogens (tertiary/aromatic N) is 2. The van der Waals surface area contributed by atoms with Crippen molar-refractivity contribution in [2.24, 2.45) is 5.73 Å². The van der Waals surface area contributed by atoms with Crippen molar-refractivity contribution in [1.29, 1.82) is 0 Å². The molecule has 0 saturated heterocycles. The van der Waals surface area contributed by atoms with Crippen molar-refractivity contribution in [2.45, 2.75) is 45.6 Å². The second-order valence-corrected chi connectivity index (χ2v) is 3.59. The molecule has 2 N–H and O–H groups in total. The first-order valence-corrected chi connectivity index (χ1v) is 5.58. The molecule has 80 valence electrons. The lowest BCUT2D eigenvalue weighted by Gasteiger charge is -2.05. The fourth-order valence-electron chi connectivity index (χ4n) is 1.64. The van der Waals surface area contributed by atoms with Crippen LogP contribution in [0.4, 0.5) is 0 Å². The van der Waals surface area contributed by atoms with Crippen LogP contribution in [-0.2, 0) is 13.0 Å². The molecular weight excluding hydrogens is 174 g/mol. The largest absolute Gasteiger partial charge is 0.335 e. The fraction of sp³-hybridized carbons (Fsp3) is 0.727. The molecule has 1 heterocycles. The zero-order valence-corrected chi connectivity index (χ0v) is 9.08. The van der Waals surface area contributed by atoms with Crippen LogP contribution in [0.25, 0.3) is 0 Å². The molecule has 0 saturated carbocycles. The van der Waals surface area contributed by atoms with Crippen LogP contribution in [0, 0.1) is 0 Å². The minimum absolute atomic E-state index is 0.825. The van der Waals surface area contributed by atoms with Crippen molar-refractivity contribution < 1.29 is 0 Å². The van der Waals surface area contributed by atoms with E-state index in [1.807, 2.05) is 6.20 Å². The highest BCUT2D eigenvalue weighted by Gasteiger charge is 1.98. The lowest BCUT2D eigenvalue weighted by molar-refractivity contribution is 0.560. The molecule has 0 amide bonds. The van der Waals surface area contributed by atoms with Gasteiger partial charge in [-0.25, -0.2) is 4.98 Å². The quantitative estimate of drug-likeness (QED) is 0.676. The summed E-state index contributed by atoms with van der Waals surface area (Å²) in [7, 11) is 0. The van der Waals surface area contributed by atoms with Crippen LogP contribution < -0.4 is 5.73 Å². The third-order valence-electron chi connectivity index (χ3n) is 2.47. The van der Waals surface area contributed by atoms with E-state index in [9.17, 15) is 0 Å². The maximum absolute atomic E-state index is 5.44. The van der Waals surface area contributed by atoms with Crippen LogP contribution in [0.2, 0.25) is 0 Å². The Kier molecular flexibility index (Phi) is 5.30. The number of hydrogen-bond donors (Lipinski definition) is 1. The van der Waals surface area contributed by atoms with Gasteiger partial charge in [0.15, 0.2) is 0 Å². The molecular formula is C11H21N3. The highest BCUT2D eigenvalue weighted by molar-refractivity contribution is 4.91. The number of nitrogens with two attached hydrogens (primary N) is 1. The second-order valence-electron chi connectivity index (χ2n) is 3.59. The molecule has 0 aliphatic heterocycles. The van der Waals surface area contributed by atoms with Crippen molar-refractivity contribution in [3.63, 3.8) is 0 Å². The summed E-state index contributed by atoms with van der Waals surface area (Å²) >= 11 is 0. The van der Waals surface area contributed by atoms with Gasteiger partial charge in [-0.1, -0.05) is 19.8 Å². The highest BCUT2D eigenvalue weighted by Crippen LogP contribution is 2.04. The highest BCUT2D eigenvalue weighted by atomic mass is 15.1. The molecule has 0 unspecified atom stereocenters. The van der Waals surface area contributed by atoms with Crippen LogP contribution in [-0.4, -0.2) is 16.1 Å². The average Bonchev–Trinajstić information content (AvgIpc) is 2.65. The molecule has 1 rings (SSSR count). The van der Waals surface area contributed by atoms with Crippen molar-refractivity contribution >= 4 is 0 Å². The molecule has 0 radical (unpaired) electrons. The van der Waals surface area contributed by atoms with Crippen LogP contribution in [0.3, 0.4) is 0 Å². The minimum atomic E-state index is 0.825. The van der Waals surface area contributed by atoms with Gasteiger partial charge >= 0.3 is 0 Å². The molecule has 0 bridgehead atoms. The summed E-state index contributed by atoms with van der Waals surface area (Å²) in [6.45, 7) is 4.08. The van der Waals surface area contributed by atoms with E-state index >= 15 is 0 Å². The summed E-state index contributed by atoms with van der Waals surface area (Å²) in [5.74, 6) is 1.20. The molecule has 0 atom stereocenters. The van der Waals surface area contributed by atoms with Crippen molar-refractivity contribution in [3.05, 3.63) is 18.2 Å². The van der Waals surface area contributed by atoms with E-state index in [0.717, 1.165) is 25.9 Å². The third kappa shape index (κ3) is 3.50. The van der Waals surface area contributed by atoms with E-state index in [1.54, 1.807) is 0 Å². The molecule has 14 heavy (non-hydrogen) atoms. The number of unbranched alkanes of at least 4 members (excludes halogenated alkanes) is 3. The Balaban J connectivity index is 2.17. The van der Waals surface area contributed by atoms with Crippen LogP contribution in [0.5, 0.6) is 0 Å². The lowest BCUT2D eigenvalue weighted by Crippen LogP contribution is -2.02. The molecule has 0 spiro atoms.